The summed E-state index contributed by atoms with van der Waals surface area (Å²) in [5.41, 5.74) is 2.98. The molecule has 0 spiro atoms. The lowest BCUT2D eigenvalue weighted by atomic mass is 10.2. The quantitative estimate of drug-likeness (QED) is 0.602. The van der Waals surface area contributed by atoms with E-state index >= 15 is 0 Å². The molecule has 1 heterocycles. The molecule has 0 unspecified atom stereocenters. The Morgan fingerprint density at radius 2 is 2.15 bits per heavy atom. The number of nitrogens with zero attached hydrogens (tertiary/aromatic N) is 1. The molecule has 0 aliphatic carbocycles. The van der Waals surface area contributed by atoms with Gasteiger partial charge in [0.15, 0.2) is 0 Å². The predicted molar refractivity (Wildman–Crippen MR) is 87.8 cm³/mol. The van der Waals surface area contributed by atoms with Gasteiger partial charge in [-0.05, 0) is 62.2 Å². The van der Waals surface area contributed by atoms with Crippen molar-refractivity contribution in [3.05, 3.63) is 49.0 Å². The van der Waals surface area contributed by atoms with Crippen molar-refractivity contribution in [3.8, 4) is 5.75 Å². The first-order valence-electron chi connectivity index (χ1n) is 5.52. The Morgan fingerprint density at radius 1 is 1.35 bits per heavy atom. The van der Waals surface area contributed by atoms with Crippen LogP contribution in [0, 0.1) is 0 Å². The van der Waals surface area contributed by atoms with E-state index in [1.165, 1.54) is 11.3 Å². The number of amides is 1. The van der Waals surface area contributed by atoms with Gasteiger partial charge in [-0.25, -0.2) is 5.43 Å². The monoisotopic (exact) mass is 416 g/mol. The molecule has 7 heteroatoms. The number of benzene rings is 1. The molecule has 0 aliphatic rings. The van der Waals surface area contributed by atoms with Crippen molar-refractivity contribution in [1.29, 1.82) is 0 Å². The third kappa shape index (κ3) is 3.91. The Balaban J connectivity index is 2.01. The number of hydrogen-bond acceptors (Lipinski definition) is 4. The van der Waals surface area contributed by atoms with Crippen molar-refractivity contribution >= 4 is 55.3 Å². The SMILES string of the molecule is COc1ccc(C(=O)NN=Cc2ccc(Br)s2)cc1Br. The number of halogens is 2. The van der Waals surface area contributed by atoms with Crippen molar-refractivity contribution in [2.45, 2.75) is 0 Å². The van der Waals surface area contributed by atoms with Crippen LogP contribution < -0.4 is 10.2 Å². The molecule has 2 rings (SSSR count). The molecule has 0 fully saturated rings. The summed E-state index contributed by atoms with van der Waals surface area (Å²) in [5, 5.41) is 3.92. The van der Waals surface area contributed by atoms with Gasteiger partial charge in [-0.3, -0.25) is 4.79 Å². The van der Waals surface area contributed by atoms with Crippen LogP contribution in [0.5, 0.6) is 5.75 Å². The molecule has 0 atom stereocenters. The number of carbonyl (C=O) groups is 1. The van der Waals surface area contributed by atoms with Gasteiger partial charge < -0.3 is 4.74 Å². The van der Waals surface area contributed by atoms with Gasteiger partial charge in [0.05, 0.1) is 21.6 Å². The minimum Gasteiger partial charge on any atom is -0.496 e. The largest absolute Gasteiger partial charge is 0.496 e. The summed E-state index contributed by atoms with van der Waals surface area (Å²) >= 11 is 8.23. The Bertz CT molecular complexity index is 656. The molecule has 0 radical (unpaired) electrons. The summed E-state index contributed by atoms with van der Waals surface area (Å²) in [6.45, 7) is 0. The average Bonchev–Trinajstić information content (AvgIpc) is 2.84. The first-order chi connectivity index (χ1) is 9.60. The summed E-state index contributed by atoms with van der Waals surface area (Å²) in [6, 6.07) is 8.92. The van der Waals surface area contributed by atoms with Gasteiger partial charge in [-0.15, -0.1) is 11.3 Å². The topological polar surface area (TPSA) is 50.7 Å². The highest BCUT2D eigenvalue weighted by Gasteiger charge is 2.07. The van der Waals surface area contributed by atoms with E-state index in [-0.39, 0.29) is 5.91 Å². The molecule has 0 saturated carbocycles. The summed E-state index contributed by atoms with van der Waals surface area (Å²) in [7, 11) is 1.57. The fourth-order valence-electron chi connectivity index (χ4n) is 1.42. The summed E-state index contributed by atoms with van der Waals surface area (Å²) in [5.74, 6) is 0.397. The molecule has 1 amide bonds. The number of rotatable bonds is 4. The molecule has 20 heavy (non-hydrogen) atoms. The van der Waals surface area contributed by atoms with Gasteiger partial charge >= 0.3 is 0 Å². The van der Waals surface area contributed by atoms with Crippen LogP contribution in [0.4, 0.5) is 0 Å². The molecular formula is C13H10Br2N2O2S. The van der Waals surface area contributed by atoms with Crippen molar-refractivity contribution in [1.82, 2.24) is 5.43 Å². The third-order valence-electron chi connectivity index (χ3n) is 2.37. The van der Waals surface area contributed by atoms with Crippen molar-refractivity contribution in [2.24, 2.45) is 5.10 Å². The van der Waals surface area contributed by atoms with Gasteiger partial charge in [0.25, 0.3) is 5.91 Å². The van der Waals surface area contributed by atoms with Crippen LogP contribution in [0.2, 0.25) is 0 Å². The maximum atomic E-state index is 11.9. The Labute approximate surface area is 137 Å². The van der Waals surface area contributed by atoms with Gasteiger partial charge in [0.2, 0.25) is 0 Å². The highest BCUT2D eigenvalue weighted by molar-refractivity contribution is 9.11. The van der Waals surface area contributed by atoms with E-state index in [2.05, 4.69) is 42.4 Å². The Hall–Kier alpha value is -1.18. The van der Waals surface area contributed by atoms with Gasteiger partial charge in [-0.1, -0.05) is 0 Å². The highest BCUT2D eigenvalue weighted by Crippen LogP contribution is 2.25. The zero-order chi connectivity index (χ0) is 14.5. The molecule has 0 aliphatic heterocycles. The van der Waals surface area contributed by atoms with Crippen molar-refractivity contribution < 1.29 is 9.53 Å². The molecule has 1 N–H and O–H groups in total. The first-order valence-corrected chi connectivity index (χ1v) is 7.92. The summed E-state index contributed by atoms with van der Waals surface area (Å²) in [4.78, 5) is 12.9. The summed E-state index contributed by atoms with van der Waals surface area (Å²) in [6.07, 6.45) is 1.60. The van der Waals surface area contributed by atoms with Crippen LogP contribution >= 0.6 is 43.2 Å². The smallest absolute Gasteiger partial charge is 0.271 e. The molecule has 1 aromatic carbocycles. The van der Waals surface area contributed by atoms with E-state index < -0.39 is 0 Å². The molecule has 4 nitrogen and oxygen atoms in total. The normalized spacial score (nSPS) is 10.8. The first kappa shape index (κ1) is 15.2. The highest BCUT2D eigenvalue weighted by atomic mass is 79.9. The summed E-state index contributed by atoms with van der Waals surface area (Å²) < 4.78 is 6.85. The predicted octanol–water partition coefficient (Wildman–Crippen LogP) is 4.05. The number of nitrogens with one attached hydrogen (secondary N) is 1. The number of hydrogen-bond donors (Lipinski definition) is 1. The standard InChI is InChI=1S/C13H10Br2N2O2S/c1-19-11-4-2-8(6-10(11)14)13(18)17-16-7-9-3-5-12(15)20-9/h2-7H,1H3,(H,17,18). The third-order valence-corrected chi connectivity index (χ3v) is 4.54. The van der Waals surface area contributed by atoms with E-state index in [1.807, 2.05) is 12.1 Å². The van der Waals surface area contributed by atoms with E-state index in [0.717, 1.165) is 13.1 Å². The zero-order valence-electron chi connectivity index (χ0n) is 10.4. The maximum absolute atomic E-state index is 11.9. The fraction of sp³-hybridized carbons (Fsp3) is 0.0769. The van der Waals surface area contributed by atoms with Crippen LogP contribution in [0.3, 0.4) is 0 Å². The molecule has 0 bridgehead atoms. The molecular weight excluding hydrogens is 408 g/mol. The van der Waals surface area contributed by atoms with E-state index in [9.17, 15) is 4.79 Å². The second-order valence-electron chi connectivity index (χ2n) is 3.69. The second-order valence-corrected chi connectivity index (χ2v) is 7.04. The number of hydrazone groups is 1. The molecule has 1 aromatic heterocycles. The van der Waals surface area contributed by atoms with Crippen LogP contribution in [0.25, 0.3) is 0 Å². The molecule has 104 valence electrons. The van der Waals surface area contributed by atoms with E-state index in [4.69, 9.17) is 4.74 Å². The van der Waals surface area contributed by atoms with Crippen LogP contribution in [-0.2, 0) is 0 Å². The van der Waals surface area contributed by atoms with Crippen molar-refractivity contribution in [2.75, 3.05) is 7.11 Å². The lowest BCUT2D eigenvalue weighted by Crippen LogP contribution is -2.17. The second kappa shape index (κ2) is 7.01. The zero-order valence-corrected chi connectivity index (χ0v) is 14.4. The van der Waals surface area contributed by atoms with Crippen LogP contribution in [0.15, 0.2) is 43.7 Å². The number of methoxy groups -OCH3 is 1. The van der Waals surface area contributed by atoms with Crippen LogP contribution in [0.1, 0.15) is 15.2 Å². The number of thiophene rings is 1. The Morgan fingerprint density at radius 3 is 2.75 bits per heavy atom. The fourth-order valence-corrected chi connectivity index (χ4v) is 3.26. The lowest BCUT2D eigenvalue weighted by molar-refractivity contribution is 0.0955. The number of carbonyl (C=O) groups excluding carboxylic acids is 1. The van der Waals surface area contributed by atoms with Crippen LogP contribution in [-0.4, -0.2) is 19.2 Å². The van der Waals surface area contributed by atoms with E-state index in [1.54, 1.807) is 31.5 Å². The minimum atomic E-state index is -0.278. The van der Waals surface area contributed by atoms with Gasteiger partial charge in [0.1, 0.15) is 5.75 Å². The maximum Gasteiger partial charge on any atom is 0.271 e. The van der Waals surface area contributed by atoms with E-state index in [0.29, 0.717) is 11.3 Å². The molecule has 2 aromatic rings. The van der Waals surface area contributed by atoms with Crippen molar-refractivity contribution in [3.63, 3.8) is 0 Å². The van der Waals surface area contributed by atoms with Gasteiger partial charge in [-0.2, -0.15) is 5.10 Å². The molecule has 0 saturated heterocycles. The lowest BCUT2D eigenvalue weighted by Gasteiger charge is -2.05. The number of ether oxygens (including phenoxy) is 1. The average molecular weight is 418 g/mol. The van der Waals surface area contributed by atoms with Gasteiger partial charge in [0, 0.05) is 10.4 Å². The minimum absolute atomic E-state index is 0.278. The Kier molecular flexibility index (Phi) is 5.33.